The molecule has 0 unspecified atom stereocenters. The minimum atomic E-state index is 0.479. The van der Waals surface area contributed by atoms with Crippen LogP contribution in [0.5, 0.6) is 5.75 Å². The van der Waals surface area contributed by atoms with E-state index in [1.165, 1.54) is 0 Å². The molecule has 102 valence electrons. The molecule has 0 atom stereocenters. The van der Waals surface area contributed by atoms with Crippen molar-refractivity contribution in [3.63, 3.8) is 0 Å². The largest absolute Gasteiger partial charge is 0.492 e. The third-order valence-corrected chi connectivity index (χ3v) is 2.89. The van der Waals surface area contributed by atoms with Crippen molar-refractivity contribution < 1.29 is 4.74 Å². The van der Waals surface area contributed by atoms with Gasteiger partial charge in [0.15, 0.2) is 0 Å². The lowest BCUT2D eigenvalue weighted by Crippen LogP contribution is -2.19. The van der Waals surface area contributed by atoms with Gasteiger partial charge in [-0.1, -0.05) is 0 Å². The minimum absolute atomic E-state index is 0.479. The Morgan fingerprint density at radius 3 is 2.63 bits per heavy atom. The molecule has 0 bridgehead atoms. The summed E-state index contributed by atoms with van der Waals surface area (Å²) in [4.78, 5) is 2.09. The Morgan fingerprint density at radius 2 is 2.00 bits per heavy atom. The highest BCUT2D eigenvalue weighted by molar-refractivity contribution is 5.63. The minimum Gasteiger partial charge on any atom is -0.492 e. The Balaban J connectivity index is 2.02. The summed E-state index contributed by atoms with van der Waals surface area (Å²) in [5.41, 5.74) is 8.72. The summed E-state index contributed by atoms with van der Waals surface area (Å²) in [5, 5.41) is 6.99. The molecule has 2 aromatic rings. The lowest BCUT2D eigenvalue weighted by molar-refractivity contribution is 0.261. The van der Waals surface area contributed by atoms with E-state index >= 15 is 0 Å². The number of aromatic nitrogens is 2. The Bertz CT molecular complexity index is 504. The van der Waals surface area contributed by atoms with Gasteiger partial charge in [-0.25, -0.2) is 0 Å². The van der Waals surface area contributed by atoms with E-state index in [4.69, 9.17) is 10.5 Å². The van der Waals surface area contributed by atoms with Crippen LogP contribution in [0.3, 0.4) is 0 Å². The van der Waals surface area contributed by atoms with Crippen LogP contribution in [-0.2, 0) is 6.54 Å². The first-order valence-electron chi connectivity index (χ1n) is 6.31. The van der Waals surface area contributed by atoms with E-state index in [0.29, 0.717) is 13.2 Å². The van der Waals surface area contributed by atoms with Crippen LogP contribution in [0.2, 0.25) is 0 Å². The summed E-state index contributed by atoms with van der Waals surface area (Å²) >= 11 is 0. The molecule has 0 aliphatic heterocycles. The quantitative estimate of drug-likeness (QED) is 0.825. The number of hydrogen-bond acceptors (Lipinski definition) is 4. The molecule has 0 saturated carbocycles. The summed E-state index contributed by atoms with van der Waals surface area (Å²) in [5.74, 6) is 0.874. The number of nitrogens with zero attached hydrogens (tertiary/aromatic N) is 2. The van der Waals surface area contributed by atoms with Gasteiger partial charge in [-0.15, -0.1) is 0 Å². The molecule has 0 radical (unpaired) electrons. The zero-order chi connectivity index (χ0) is 13.7. The molecule has 1 heterocycles. The number of hydrogen-bond donors (Lipinski definition) is 2. The maximum atomic E-state index is 5.67. The van der Waals surface area contributed by atoms with Crippen molar-refractivity contribution in [2.24, 2.45) is 5.73 Å². The topological polar surface area (TPSA) is 67.2 Å². The fourth-order valence-electron chi connectivity index (χ4n) is 1.78. The molecule has 0 amide bonds. The second-order valence-corrected chi connectivity index (χ2v) is 4.65. The number of aromatic amines is 1. The lowest BCUT2D eigenvalue weighted by Gasteiger charge is -2.11. The Morgan fingerprint density at radius 1 is 1.26 bits per heavy atom. The second-order valence-electron chi connectivity index (χ2n) is 4.65. The molecule has 0 fully saturated rings. The van der Waals surface area contributed by atoms with Gasteiger partial charge in [-0.05, 0) is 38.4 Å². The Labute approximate surface area is 113 Å². The van der Waals surface area contributed by atoms with Gasteiger partial charge in [0.05, 0.1) is 11.9 Å². The van der Waals surface area contributed by atoms with Crippen molar-refractivity contribution in [2.45, 2.75) is 6.54 Å². The molecule has 3 N–H and O–H groups in total. The van der Waals surface area contributed by atoms with E-state index in [-0.39, 0.29) is 0 Å². The maximum absolute atomic E-state index is 5.67. The molecule has 0 saturated heterocycles. The first-order chi connectivity index (χ1) is 9.20. The number of H-pyrrole nitrogens is 1. The van der Waals surface area contributed by atoms with E-state index < -0.39 is 0 Å². The van der Waals surface area contributed by atoms with Gasteiger partial charge in [0.25, 0.3) is 0 Å². The van der Waals surface area contributed by atoms with Gasteiger partial charge in [0, 0.05) is 24.2 Å². The Hall–Kier alpha value is -1.85. The van der Waals surface area contributed by atoms with Crippen LogP contribution >= 0.6 is 0 Å². The monoisotopic (exact) mass is 260 g/mol. The Kier molecular flexibility index (Phi) is 4.54. The van der Waals surface area contributed by atoms with E-state index in [2.05, 4.69) is 15.1 Å². The first kappa shape index (κ1) is 13.6. The lowest BCUT2D eigenvalue weighted by atomic mass is 10.1. The van der Waals surface area contributed by atoms with E-state index in [0.717, 1.165) is 29.1 Å². The van der Waals surface area contributed by atoms with Gasteiger partial charge < -0.3 is 15.4 Å². The van der Waals surface area contributed by atoms with Gasteiger partial charge in [-0.3, -0.25) is 5.10 Å². The fraction of sp³-hybridized carbons (Fsp3) is 0.357. The number of nitrogens with one attached hydrogen (secondary N) is 1. The summed E-state index contributed by atoms with van der Waals surface area (Å²) in [7, 11) is 4.05. The van der Waals surface area contributed by atoms with Crippen molar-refractivity contribution in [1.29, 1.82) is 0 Å². The van der Waals surface area contributed by atoms with Crippen molar-refractivity contribution in [3.8, 4) is 17.0 Å². The average molecular weight is 260 g/mol. The molecule has 19 heavy (non-hydrogen) atoms. The first-order valence-corrected chi connectivity index (χ1v) is 6.31. The number of nitrogens with two attached hydrogens (primary N) is 1. The van der Waals surface area contributed by atoms with Crippen molar-refractivity contribution >= 4 is 0 Å². The van der Waals surface area contributed by atoms with Crippen LogP contribution in [-0.4, -0.2) is 42.3 Å². The number of likely N-dealkylation sites (N-methyl/N-ethyl adjacent to an activating group) is 1. The molecule has 0 spiro atoms. The molecule has 5 heteroatoms. The van der Waals surface area contributed by atoms with Crippen molar-refractivity contribution in [2.75, 3.05) is 27.2 Å². The number of benzene rings is 1. The van der Waals surface area contributed by atoms with E-state index in [1.54, 1.807) is 6.20 Å². The molecule has 5 nitrogen and oxygen atoms in total. The second kappa shape index (κ2) is 6.36. The zero-order valence-corrected chi connectivity index (χ0v) is 11.4. The van der Waals surface area contributed by atoms with Crippen molar-refractivity contribution in [1.82, 2.24) is 15.1 Å². The van der Waals surface area contributed by atoms with Gasteiger partial charge in [0.2, 0.25) is 0 Å². The summed E-state index contributed by atoms with van der Waals surface area (Å²) in [6.45, 7) is 2.07. The fourth-order valence-corrected chi connectivity index (χ4v) is 1.78. The van der Waals surface area contributed by atoms with E-state index in [9.17, 15) is 0 Å². The van der Waals surface area contributed by atoms with Gasteiger partial charge in [-0.2, -0.15) is 5.10 Å². The predicted molar refractivity (Wildman–Crippen MR) is 76.0 cm³/mol. The standard InChI is InChI=1S/C14H20N4O/c1-18(2)7-8-19-13-5-3-11(4-6-13)14-12(9-15)10-16-17-14/h3-6,10H,7-9,15H2,1-2H3,(H,16,17). The van der Waals surface area contributed by atoms with Gasteiger partial charge in [0.1, 0.15) is 12.4 Å². The summed E-state index contributed by atoms with van der Waals surface area (Å²) in [6, 6.07) is 7.95. The van der Waals surface area contributed by atoms with Crippen LogP contribution in [0, 0.1) is 0 Å². The smallest absolute Gasteiger partial charge is 0.119 e. The SMILES string of the molecule is CN(C)CCOc1ccc(-c2[nH]ncc2CN)cc1. The molecule has 2 rings (SSSR count). The highest BCUT2D eigenvalue weighted by Gasteiger charge is 2.06. The summed E-state index contributed by atoms with van der Waals surface area (Å²) in [6.07, 6.45) is 1.76. The third-order valence-electron chi connectivity index (χ3n) is 2.89. The van der Waals surface area contributed by atoms with Crippen molar-refractivity contribution in [3.05, 3.63) is 36.0 Å². The number of rotatable bonds is 6. The van der Waals surface area contributed by atoms with E-state index in [1.807, 2.05) is 38.4 Å². The third kappa shape index (κ3) is 3.56. The predicted octanol–water partition coefficient (Wildman–Crippen LogP) is 1.48. The average Bonchev–Trinajstić information content (AvgIpc) is 2.87. The highest BCUT2D eigenvalue weighted by Crippen LogP contribution is 2.23. The molecular formula is C14H20N4O. The molecule has 1 aromatic carbocycles. The van der Waals surface area contributed by atoms with Crippen LogP contribution in [0.15, 0.2) is 30.5 Å². The molecule has 1 aromatic heterocycles. The van der Waals surface area contributed by atoms with Crippen LogP contribution in [0.25, 0.3) is 11.3 Å². The number of ether oxygens (including phenoxy) is 1. The zero-order valence-electron chi connectivity index (χ0n) is 11.4. The van der Waals surface area contributed by atoms with Crippen LogP contribution in [0.1, 0.15) is 5.56 Å². The molecule has 0 aliphatic rings. The molecule has 0 aliphatic carbocycles. The highest BCUT2D eigenvalue weighted by atomic mass is 16.5. The van der Waals surface area contributed by atoms with Crippen LogP contribution < -0.4 is 10.5 Å². The normalized spacial score (nSPS) is 10.9. The maximum Gasteiger partial charge on any atom is 0.119 e. The van der Waals surface area contributed by atoms with Gasteiger partial charge >= 0.3 is 0 Å². The molecular weight excluding hydrogens is 240 g/mol. The van der Waals surface area contributed by atoms with Crippen LogP contribution in [0.4, 0.5) is 0 Å². The summed E-state index contributed by atoms with van der Waals surface area (Å²) < 4.78 is 5.65.